The number of nitrogens with zero attached hydrogens (tertiary/aromatic N) is 1. The quantitative estimate of drug-likeness (QED) is 0.725. The highest BCUT2D eigenvalue weighted by atomic mass is 35.5. The SMILES string of the molecule is CC1CCCc2c(CO)cc(Cl)nc21. The van der Waals surface area contributed by atoms with Gasteiger partial charge in [-0.25, -0.2) is 4.98 Å². The second kappa shape index (κ2) is 3.87. The van der Waals surface area contributed by atoms with Crippen LogP contribution < -0.4 is 0 Å². The maximum atomic E-state index is 9.22. The largest absolute Gasteiger partial charge is 0.392 e. The standard InChI is InChI=1S/C11H14ClNO/c1-7-3-2-4-9-8(6-14)5-10(12)13-11(7)9/h5,7,14H,2-4,6H2,1H3. The van der Waals surface area contributed by atoms with E-state index in [1.165, 1.54) is 18.4 Å². The monoisotopic (exact) mass is 211 g/mol. The van der Waals surface area contributed by atoms with Crippen molar-refractivity contribution in [1.82, 2.24) is 4.98 Å². The highest BCUT2D eigenvalue weighted by molar-refractivity contribution is 6.29. The van der Waals surface area contributed by atoms with Crippen molar-refractivity contribution >= 4 is 11.6 Å². The predicted molar refractivity (Wildman–Crippen MR) is 56.5 cm³/mol. The van der Waals surface area contributed by atoms with Gasteiger partial charge in [0.2, 0.25) is 0 Å². The van der Waals surface area contributed by atoms with Crippen molar-refractivity contribution in [2.75, 3.05) is 0 Å². The van der Waals surface area contributed by atoms with E-state index in [0.29, 0.717) is 11.1 Å². The number of rotatable bonds is 1. The molecule has 1 aromatic heterocycles. The Labute approximate surface area is 88.9 Å². The smallest absolute Gasteiger partial charge is 0.129 e. The van der Waals surface area contributed by atoms with Crippen LogP contribution in [0.4, 0.5) is 0 Å². The average Bonchev–Trinajstić information content (AvgIpc) is 2.18. The molecule has 76 valence electrons. The van der Waals surface area contributed by atoms with E-state index in [1.807, 2.05) is 0 Å². The first-order valence-electron chi connectivity index (χ1n) is 5.01. The molecule has 0 amide bonds. The molecule has 0 saturated carbocycles. The minimum Gasteiger partial charge on any atom is -0.392 e. The number of aromatic nitrogens is 1. The molecule has 0 aliphatic heterocycles. The summed E-state index contributed by atoms with van der Waals surface area (Å²) in [5.74, 6) is 0.475. The minimum absolute atomic E-state index is 0.0668. The Bertz CT molecular complexity index is 351. The average molecular weight is 212 g/mol. The van der Waals surface area contributed by atoms with Crippen LogP contribution in [-0.4, -0.2) is 10.1 Å². The first-order valence-corrected chi connectivity index (χ1v) is 5.39. The van der Waals surface area contributed by atoms with Gasteiger partial charge in [-0.3, -0.25) is 0 Å². The van der Waals surface area contributed by atoms with Crippen LogP contribution in [0.1, 0.15) is 42.5 Å². The summed E-state index contributed by atoms with van der Waals surface area (Å²) in [6.07, 6.45) is 3.38. The highest BCUT2D eigenvalue weighted by Gasteiger charge is 2.20. The number of aliphatic hydroxyl groups excluding tert-OH is 1. The summed E-state index contributed by atoms with van der Waals surface area (Å²) in [5.41, 5.74) is 3.26. The van der Waals surface area contributed by atoms with E-state index < -0.39 is 0 Å². The molecule has 0 radical (unpaired) electrons. The van der Waals surface area contributed by atoms with Gasteiger partial charge in [0.05, 0.1) is 6.61 Å². The third-order valence-electron chi connectivity index (χ3n) is 2.92. The van der Waals surface area contributed by atoms with Gasteiger partial charge in [0.25, 0.3) is 0 Å². The maximum Gasteiger partial charge on any atom is 0.129 e. The summed E-state index contributed by atoms with van der Waals surface area (Å²) in [7, 11) is 0. The fourth-order valence-electron chi connectivity index (χ4n) is 2.17. The van der Waals surface area contributed by atoms with Crippen LogP contribution in [0.3, 0.4) is 0 Å². The molecule has 0 bridgehead atoms. The van der Waals surface area contributed by atoms with E-state index in [-0.39, 0.29) is 6.61 Å². The van der Waals surface area contributed by atoms with Gasteiger partial charge in [0.15, 0.2) is 0 Å². The molecular formula is C11H14ClNO. The van der Waals surface area contributed by atoms with Gasteiger partial charge in [-0.2, -0.15) is 0 Å². The van der Waals surface area contributed by atoms with Crippen LogP contribution >= 0.6 is 11.6 Å². The van der Waals surface area contributed by atoms with Gasteiger partial charge in [-0.05, 0) is 42.4 Å². The van der Waals surface area contributed by atoms with E-state index in [9.17, 15) is 5.11 Å². The number of hydrogen-bond donors (Lipinski definition) is 1. The Kier molecular flexibility index (Phi) is 2.75. The van der Waals surface area contributed by atoms with Crippen LogP contribution in [-0.2, 0) is 13.0 Å². The van der Waals surface area contributed by atoms with Crippen LogP contribution in [0.25, 0.3) is 0 Å². The van der Waals surface area contributed by atoms with Crippen molar-refractivity contribution in [3.8, 4) is 0 Å². The molecule has 2 rings (SSSR count). The Morgan fingerprint density at radius 3 is 3.14 bits per heavy atom. The summed E-state index contributed by atoms with van der Waals surface area (Å²) in [5, 5.41) is 9.72. The van der Waals surface area contributed by atoms with Gasteiger partial charge in [0.1, 0.15) is 5.15 Å². The van der Waals surface area contributed by atoms with Gasteiger partial charge in [-0.15, -0.1) is 0 Å². The van der Waals surface area contributed by atoms with Crippen molar-refractivity contribution in [2.24, 2.45) is 0 Å². The predicted octanol–water partition coefficient (Wildman–Crippen LogP) is 2.67. The molecule has 1 atom stereocenters. The second-order valence-electron chi connectivity index (χ2n) is 3.92. The molecule has 0 aromatic carbocycles. The first kappa shape index (κ1) is 9.94. The maximum absolute atomic E-state index is 9.22. The van der Waals surface area contributed by atoms with Crippen LogP contribution in [0.15, 0.2) is 6.07 Å². The van der Waals surface area contributed by atoms with Crippen LogP contribution in [0.5, 0.6) is 0 Å². The molecule has 0 spiro atoms. The molecule has 1 aliphatic carbocycles. The van der Waals surface area contributed by atoms with Crippen molar-refractivity contribution in [2.45, 2.75) is 38.7 Å². The lowest BCUT2D eigenvalue weighted by Crippen LogP contribution is -2.12. The lowest BCUT2D eigenvalue weighted by molar-refractivity contribution is 0.279. The second-order valence-corrected chi connectivity index (χ2v) is 4.31. The number of hydrogen-bond acceptors (Lipinski definition) is 2. The third kappa shape index (κ3) is 1.64. The summed E-state index contributed by atoms with van der Waals surface area (Å²) < 4.78 is 0. The van der Waals surface area contributed by atoms with E-state index in [2.05, 4.69) is 11.9 Å². The molecule has 1 N–H and O–H groups in total. The number of halogens is 1. The molecule has 1 aliphatic rings. The molecule has 2 nitrogen and oxygen atoms in total. The van der Waals surface area contributed by atoms with Gasteiger partial charge < -0.3 is 5.11 Å². The molecule has 1 unspecified atom stereocenters. The number of fused-ring (bicyclic) bond motifs is 1. The summed E-state index contributed by atoms with van der Waals surface area (Å²) >= 11 is 5.90. The summed E-state index contributed by atoms with van der Waals surface area (Å²) in [4.78, 5) is 4.36. The summed E-state index contributed by atoms with van der Waals surface area (Å²) in [6.45, 7) is 2.24. The molecule has 3 heteroatoms. The lowest BCUT2D eigenvalue weighted by atomic mass is 9.86. The van der Waals surface area contributed by atoms with Crippen molar-refractivity contribution in [3.05, 3.63) is 28.0 Å². The normalized spacial score (nSPS) is 20.6. The van der Waals surface area contributed by atoms with E-state index in [1.54, 1.807) is 6.07 Å². The minimum atomic E-state index is 0.0668. The zero-order valence-electron chi connectivity index (χ0n) is 8.26. The highest BCUT2D eigenvalue weighted by Crippen LogP contribution is 2.32. The van der Waals surface area contributed by atoms with E-state index >= 15 is 0 Å². The lowest BCUT2D eigenvalue weighted by Gasteiger charge is -2.23. The number of aliphatic hydroxyl groups is 1. The van der Waals surface area contributed by atoms with Crippen molar-refractivity contribution in [3.63, 3.8) is 0 Å². The van der Waals surface area contributed by atoms with E-state index in [0.717, 1.165) is 17.7 Å². The molecule has 1 heterocycles. The van der Waals surface area contributed by atoms with Gasteiger partial charge in [0, 0.05) is 5.69 Å². The number of pyridine rings is 1. The molecule has 1 aromatic rings. The summed E-state index contributed by atoms with van der Waals surface area (Å²) in [6, 6.07) is 1.78. The Morgan fingerprint density at radius 1 is 1.64 bits per heavy atom. The Hall–Kier alpha value is -0.600. The zero-order valence-corrected chi connectivity index (χ0v) is 9.01. The van der Waals surface area contributed by atoms with Crippen molar-refractivity contribution in [1.29, 1.82) is 0 Å². The van der Waals surface area contributed by atoms with Gasteiger partial charge >= 0.3 is 0 Å². The topological polar surface area (TPSA) is 33.1 Å². The third-order valence-corrected chi connectivity index (χ3v) is 3.11. The molecule has 14 heavy (non-hydrogen) atoms. The fraction of sp³-hybridized carbons (Fsp3) is 0.545. The van der Waals surface area contributed by atoms with Crippen LogP contribution in [0, 0.1) is 0 Å². The zero-order chi connectivity index (χ0) is 10.1. The molecule has 0 fully saturated rings. The Morgan fingerprint density at radius 2 is 2.43 bits per heavy atom. The van der Waals surface area contributed by atoms with Gasteiger partial charge in [-0.1, -0.05) is 18.5 Å². The first-order chi connectivity index (χ1) is 6.72. The molecule has 0 saturated heterocycles. The fourth-order valence-corrected chi connectivity index (χ4v) is 2.39. The van der Waals surface area contributed by atoms with Crippen molar-refractivity contribution < 1.29 is 5.11 Å². The van der Waals surface area contributed by atoms with E-state index in [4.69, 9.17) is 11.6 Å². The Balaban J connectivity index is 2.54. The van der Waals surface area contributed by atoms with Crippen LogP contribution in [0.2, 0.25) is 5.15 Å². The molecular weight excluding hydrogens is 198 g/mol.